The molecular weight excluding hydrogens is 250 g/mol. The molecule has 1 rings (SSSR count). The number of hydrogen-bond acceptors (Lipinski definition) is 3. The van der Waals surface area contributed by atoms with Crippen molar-refractivity contribution < 1.29 is 4.79 Å². The number of anilines is 1. The van der Waals surface area contributed by atoms with E-state index < -0.39 is 0 Å². The summed E-state index contributed by atoms with van der Waals surface area (Å²) in [7, 11) is 0. The lowest BCUT2D eigenvalue weighted by Gasteiger charge is -2.16. The number of nitrogens with zero attached hydrogens (tertiary/aromatic N) is 1. The summed E-state index contributed by atoms with van der Waals surface area (Å²) < 4.78 is 0. The highest BCUT2D eigenvalue weighted by molar-refractivity contribution is 6.33. The van der Waals surface area contributed by atoms with E-state index >= 15 is 0 Å². The highest BCUT2D eigenvalue weighted by Gasteiger charge is 2.13. The fourth-order valence-electron chi connectivity index (χ4n) is 1.40. The fourth-order valence-corrected chi connectivity index (χ4v) is 1.64. The minimum absolute atomic E-state index is 0.0720. The SMILES string of the molecule is CCCNC(=O)C(C)Nc1ccc(C#N)cc1Cl. The van der Waals surface area contributed by atoms with Gasteiger partial charge in [-0.2, -0.15) is 5.26 Å². The maximum Gasteiger partial charge on any atom is 0.242 e. The van der Waals surface area contributed by atoms with E-state index in [1.807, 2.05) is 13.0 Å². The average molecular weight is 266 g/mol. The zero-order valence-corrected chi connectivity index (χ0v) is 11.2. The van der Waals surface area contributed by atoms with Crippen molar-refractivity contribution in [1.29, 1.82) is 5.26 Å². The Kier molecular flexibility index (Phi) is 5.47. The number of nitrogens with one attached hydrogen (secondary N) is 2. The van der Waals surface area contributed by atoms with Crippen LogP contribution in [0.2, 0.25) is 5.02 Å². The van der Waals surface area contributed by atoms with E-state index in [1.54, 1.807) is 25.1 Å². The predicted molar refractivity (Wildman–Crippen MR) is 72.6 cm³/mol. The third-order valence-electron chi connectivity index (χ3n) is 2.41. The van der Waals surface area contributed by atoms with Crippen LogP contribution in [0.5, 0.6) is 0 Å². The first-order chi connectivity index (χ1) is 8.58. The lowest BCUT2D eigenvalue weighted by molar-refractivity contribution is -0.121. The molecule has 96 valence electrons. The van der Waals surface area contributed by atoms with E-state index in [0.717, 1.165) is 6.42 Å². The molecule has 1 aromatic rings. The monoisotopic (exact) mass is 265 g/mol. The van der Waals surface area contributed by atoms with Gasteiger partial charge in [-0.1, -0.05) is 18.5 Å². The Morgan fingerprint density at radius 1 is 1.56 bits per heavy atom. The van der Waals surface area contributed by atoms with E-state index in [-0.39, 0.29) is 11.9 Å². The van der Waals surface area contributed by atoms with Crippen molar-refractivity contribution in [2.45, 2.75) is 26.3 Å². The summed E-state index contributed by atoms with van der Waals surface area (Å²) >= 11 is 6.02. The number of carbonyl (C=O) groups is 1. The zero-order chi connectivity index (χ0) is 13.5. The molecule has 0 aliphatic heterocycles. The molecular formula is C13H16ClN3O. The Morgan fingerprint density at radius 2 is 2.28 bits per heavy atom. The van der Waals surface area contributed by atoms with Crippen LogP contribution in [0.25, 0.3) is 0 Å². The first kappa shape index (κ1) is 14.3. The number of halogens is 1. The molecule has 0 aliphatic carbocycles. The number of nitriles is 1. The molecule has 0 saturated heterocycles. The lowest BCUT2D eigenvalue weighted by atomic mass is 10.2. The Hall–Kier alpha value is -1.73. The van der Waals surface area contributed by atoms with Crippen LogP contribution in [0.1, 0.15) is 25.8 Å². The normalized spacial score (nSPS) is 11.4. The number of carbonyl (C=O) groups excluding carboxylic acids is 1. The minimum atomic E-state index is -0.373. The summed E-state index contributed by atoms with van der Waals surface area (Å²) in [5, 5.41) is 15.0. The van der Waals surface area contributed by atoms with Crippen LogP contribution in [-0.2, 0) is 4.79 Å². The second kappa shape index (κ2) is 6.87. The zero-order valence-electron chi connectivity index (χ0n) is 10.5. The Balaban J connectivity index is 2.67. The third kappa shape index (κ3) is 3.94. The van der Waals surface area contributed by atoms with Gasteiger partial charge in [-0.3, -0.25) is 4.79 Å². The van der Waals surface area contributed by atoms with E-state index in [1.165, 1.54) is 0 Å². The van der Waals surface area contributed by atoms with E-state index in [9.17, 15) is 4.79 Å². The molecule has 1 atom stereocenters. The van der Waals surface area contributed by atoms with Crippen molar-refractivity contribution in [2.24, 2.45) is 0 Å². The Bertz CT molecular complexity index is 468. The van der Waals surface area contributed by atoms with Crippen molar-refractivity contribution in [2.75, 3.05) is 11.9 Å². The summed E-state index contributed by atoms with van der Waals surface area (Å²) in [6.45, 7) is 4.42. The van der Waals surface area contributed by atoms with Crippen molar-refractivity contribution >= 4 is 23.2 Å². The van der Waals surface area contributed by atoms with Gasteiger partial charge in [-0.25, -0.2) is 0 Å². The smallest absolute Gasteiger partial charge is 0.242 e. The van der Waals surface area contributed by atoms with Gasteiger partial charge in [0.1, 0.15) is 6.04 Å². The quantitative estimate of drug-likeness (QED) is 0.860. The lowest BCUT2D eigenvalue weighted by Crippen LogP contribution is -2.37. The average Bonchev–Trinajstić information content (AvgIpc) is 2.38. The fraction of sp³-hybridized carbons (Fsp3) is 0.385. The predicted octanol–water partition coefficient (Wildman–Crippen LogP) is 2.54. The summed E-state index contributed by atoms with van der Waals surface area (Å²) in [5.74, 6) is -0.0720. The van der Waals surface area contributed by atoms with Crippen molar-refractivity contribution in [1.82, 2.24) is 5.32 Å². The van der Waals surface area contributed by atoms with Crippen molar-refractivity contribution in [3.63, 3.8) is 0 Å². The van der Waals surface area contributed by atoms with Crippen LogP contribution in [0.4, 0.5) is 5.69 Å². The number of hydrogen-bond donors (Lipinski definition) is 2. The first-order valence-corrected chi connectivity index (χ1v) is 6.20. The van der Waals surface area contributed by atoms with Crippen LogP contribution in [0.3, 0.4) is 0 Å². The minimum Gasteiger partial charge on any atom is -0.373 e. The molecule has 0 radical (unpaired) electrons. The second-order valence-electron chi connectivity index (χ2n) is 3.96. The van der Waals surface area contributed by atoms with E-state index in [0.29, 0.717) is 22.8 Å². The third-order valence-corrected chi connectivity index (χ3v) is 2.73. The molecule has 0 heterocycles. The molecule has 0 aliphatic rings. The molecule has 1 amide bonds. The van der Waals surface area contributed by atoms with Crippen LogP contribution in [0.15, 0.2) is 18.2 Å². The second-order valence-corrected chi connectivity index (χ2v) is 4.37. The molecule has 0 saturated carbocycles. The largest absolute Gasteiger partial charge is 0.373 e. The van der Waals surface area contributed by atoms with Gasteiger partial charge in [0.15, 0.2) is 0 Å². The van der Waals surface area contributed by atoms with Crippen LogP contribution >= 0.6 is 11.6 Å². The van der Waals surface area contributed by atoms with Gasteiger partial charge in [0.2, 0.25) is 5.91 Å². The number of benzene rings is 1. The van der Waals surface area contributed by atoms with Gasteiger partial charge < -0.3 is 10.6 Å². The number of amides is 1. The van der Waals surface area contributed by atoms with Gasteiger partial charge in [0.05, 0.1) is 22.3 Å². The number of rotatable bonds is 5. The van der Waals surface area contributed by atoms with Gasteiger partial charge in [0, 0.05) is 6.54 Å². The van der Waals surface area contributed by atoms with Crippen molar-refractivity contribution in [3.8, 4) is 6.07 Å². The molecule has 1 unspecified atom stereocenters. The molecule has 0 aromatic heterocycles. The molecule has 5 heteroatoms. The summed E-state index contributed by atoms with van der Waals surface area (Å²) in [6.07, 6.45) is 0.899. The Labute approximate surface area is 112 Å². The highest BCUT2D eigenvalue weighted by atomic mass is 35.5. The topological polar surface area (TPSA) is 64.9 Å². The molecule has 0 fully saturated rings. The molecule has 2 N–H and O–H groups in total. The Morgan fingerprint density at radius 3 is 2.83 bits per heavy atom. The summed E-state index contributed by atoms with van der Waals surface area (Å²) in [6, 6.07) is 6.56. The summed E-state index contributed by atoms with van der Waals surface area (Å²) in [5.41, 5.74) is 1.14. The van der Waals surface area contributed by atoms with Gasteiger partial charge in [-0.15, -0.1) is 0 Å². The highest BCUT2D eigenvalue weighted by Crippen LogP contribution is 2.23. The van der Waals surface area contributed by atoms with Crippen LogP contribution in [0, 0.1) is 11.3 Å². The maximum atomic E-state index is 11.7. The molecule has 0 bridgehead atoms. The maximum absolute atomic E-state index is 11.7. The van der Waals surface area contributed by atoms with Crippen LogP contribution in [-0.4, -0.2) is 18.5 Å². The molecule has 1 aromatic carbocycles. The molecule has 18 heavy (non-hydrogen) atoms. The van der Waals surface area contributed by atoms with Gasteiger partial charge in [0.25, 0.3) is 0 Å². The standard InChI is InChI=1S/C13H16ClN3O/c1-3-6-16-13(18)9(2)17-12-5-4-10(8-15)7-11(12)14/h4-5,7,9,17H,3,6H2,1-2H3,(H,16,18). The van der Waals surface area contributed by atoms with E-state index in [2.05, 4.69) is 10.6 Å². The van der Waals surface area contributed by atoms with Crippen molar-refractivity contribution in [3.05, 3.63) is 28.8 Å². The van der Waals surface area contributed by atoms with E-state index in [4.69, 9.17) is 16.9 Å². The van der Waals surface area contributed by atoms with Gasteiger partial charge in [-0.05, 0) is 31.5 Å². The molecule has 4 nitrogen and oxygen atoms in total. The molecule has 0 spiro atoms. The summed E-state index contributed by atoms with van der Waals surface area (Å²) in [4.78, 5) is 11.7. The van der Waals surface area contributed by atoms with Crippen LogP contribution < -0.4 is 10.6 Å². The van der Waals surface area contributed by atoms with Gasteiger partial charge >= 0.3 is 0 Å². The first-order valence-electron chi connectivity index (χ1n) is 5.82.